The number of fused-ring (bicyclic) bond motifs is 2. The molecule has 2 atom stereocenters. The van der Waals surface area contributed by atoms with Gasteiger partial charge in [-0.2, -0.15) is 0 Å². The topological polar surface area (TPSA) is 40.0 Å². The third kappa shape index (κ3) is 1.47. The van der Waals surface area contributed by atoms with Gasteiger partial charge in [0, 0.05) is 19.1 Å². The largest absolute Gasteiger partial charge is 0.493 e. The summed E-state index contributed by atoms with van der Waals surface area (Å²) in [5.74, 6) is 2.06. The molecule has 3 rings (SSSR count). The van der Waals surface area contributed by atoms with E-state index in [1.807, 2.05) is 32.0 Å². The van der Waals surface area contributed by atoms with Crippen molar-refractivity contribution in [2.45, 2.75) is 32.1 Å². The van der Waals surface area contributed by atoms with E-state index in [0.717, 1.165) is 17.9 Å². The Kier molecular flexibility index (Phi) is 2.08. The molecule has 2 heterocycles. The average molecular weight is 233 g/mol. The molecule has 2 aliphatic rings. The maximum absolute atomic E-state index is 6.00. The van der Waals surface area contributed by atoms with Crippen LogP contribution in [0.3, 0.4) is 0 Å². The van der Waals surface area contributed by atoms with Gasteiger partial charge in [0.15, 0.2) is 17.6 Å². The molecule has 0 spiro atoms. The van der Waals surface area contributed by atoms with Crippen molar-refractivity contribution in [3.05, 3.63) is 18.2 Å². The van der Waals surface area contributed by atoms with Crippen molar-refractivity contribution in [3.63, 3.8) is 0 Å². The van der Waals surface area contributed by atoms with E-state index < -0.39 is 5.72 Å². The van der Waals surface area contributed by atoms with Crippen molar-refractivity contribution >= 4 is 5.71 Å². The van der Waals surface area contributed by atoms with Crippen molar-refractivity contribution in [2.24, 2.45) is 4.99 Å². The number of rotatable bonds is 1. The molecule has 1 aromatic carbocycles. The second kappa shape index (κ2) is 3.39. The first-order valence-corrected chi connectivity index (χ1v) is 5.70. The van der Waals surface area contributed by atoms with E-state index in [1.54, 1.807) is 7.11 Å². The van der Waals surface area contributed by atoms with Gasteiger partial charge in [-0.15, -0.1) is 0 Å². The summed E-state index contributed by atoms with van der Waals surface area (Å²) in [4.78, 5) is 4.53. The molecule has 0 fully saturated rings. The van der Waals surface area contributed by atoms with Gasteiger partial charge in [0.2, 0.25) is 11.5 Å². The fourth-order valence-corrected chi connectivity index (χ4v) is 2.40. The molecule has 90 valence electrons. The Bertz CT molecular complexity index is 497. The Hall–Kier alpha value is -1.71. The lowest BCUT2D eigenvalue weighted by molar-refractivity contribution is -0.0370. The summed E-state index contributed by atoms with van der Waals surface area (Å²) in [6, 6.07) is 5.65. The number of benzene rings is 1. The van der Waals surface area contributed by atoms with Crippen molar-refractivity contribution in [1.82, 2.24) is 0 Å². The molecular formula is C13H15NO3. The Morgan fingerprint density at radius 3 is 3.06 bits per heavy atom. The maximum atomic E-state index is 6.00. The lowest BCUT2D eigenvalue weighted by atomic mass is 10.1. The van der Waals surface area contributed by atoms with E-state index in [2.05, 4.69) is 4.99 Å². The third-order valence-electron chi connectivity index (χ3n) is 3.23. The predicted molar refractivity (Wildman–Crippen MR) is 64.2 cm³/mol. The van der Waals surface area contributed by atoms with Gasteiger partial charge in [-0.25, -0.2) is 4.99 Å². The highest BCUT2D eigenvalue weighted by atomic mass is 16.6. The standard InChI is InChI=1S/C13H15NO3/c1-8-7-11-13(2,14-8)17-12-9(15-3)5-4-6-10(12)16-11/h4-6,11H,7H2,1-3H3/t11-,13-/m1/s1. The first-order valence-electron chi connectivity index (χ1n) is 5.70. The number of nitrogens with zero attached hydrogens (tertiary/aromatic N) is 1. The van der Waals surface area contributed by atoms with Crippen LogP contribution in [0.4, 0.5) is 0 Å². The minimum Gasteiger partial charge on any atom is -0.493 e. The molecule has 2 aliphatic heterocycles. The van der Waals surface area contributed by atoms with Crippen LogP contribution in [0.5, 0.6) is 17.2 Å². The highest BCUT2D eigenvalue weighted by molar-refractivity contribution is 5.85. The number of hydrogen-bond donors (Lipinski definition) is 0. The minimum atomic E-state index is -0.619. The molecule has 0 aliphatic carbocycles. The molecule has 0 unspecified atom stereocenters. The van der Waals surface area contributed by atoms with Gasteiger partial charge < -0.3 is 14.2 Å². The monoisotopic (exact) mass is 233 g/mol. The second-order valence-electron chi connectivity index (χ2n) is 4.60. The van der Waals surface area contributed by atoms with Gasteiger partial charge >= 0.3 is 0 Å². The van der Waals surface area contributed by atoms with E-state index in [4.69, 9.17) is 14.2 Å². The summed E-state index contributed by atoms with van der Waals surface area (Å²) in [5, 5.41) is 0. The summed E-state index contributed by atoms with van der Waals surface area (Å²) in [6.45, 7) is 3.95. The molecule has 4 heteroatoms. The molecule has 0 bridgehead atoms. The summed E-state index contributed by atoms with van der Waals surface area (Å²) < 4.78 is 17.2. The van der Waals surface area contributed by atoms with Crippen molar-refractivity contribution in [3.8, 4) is 17.2 Å². The van der Waals surface area contributed by atoms with Crippen molar-refractivity contribution in [1.29, 1.82) is 0 Å². The van der Waals surface area contributed by atoms with E-state index in [1.165, 1.54) is 0 Å². The fourth-order valence-electron chi connectivity index (χ4n) is 2.40. The van der Waals surface area contributed by atoms with Crippen LogP contribution in [0.15, 0.2) is 23.2 Å². The van der Waals surface area contributed by atoms with Crippen LogP contribution >= 0.6 is 0 Å². The first kappa shape index (κ1) is 10.4. The van der Waals surface area contributed by atoms with E-state index in [0.29, 0.717) is 11.5 Å². The lowest BCUT2D eigenvalue weighted by Crippen LogP contribution is -2.46. The first-order chi connectivity index (χ1) is 8.12. The molecule has 0 aromatic heterocycles. The average Bonchev–Trinajstić information content (AvgIpc) is 2.58. The van der Waals surface area contributed by atoms with E-state index >= 15 is 0 Å². The maximum Gasteiger partial charge on any atom is 0.234 e. The molecule has 0 radical (unpaired) electrons. The third-order valence-corrected chi connectivity index (χ3v) is 3.23. The summed E-state index contributed by atoms with van der Waals surface area (Å²) >= 11 is 0. The molecule has 4 nitrogen and oxygen atoms in total. The van der Waals surface area contributed by atoms with Gasteiger partial charge in [-0.3, -0.25) is 0 Å². The SMILES string of the molecule is COc1cccc2c1O[C@@]1(C)N=C(C)C[C@H]1O2. The quantitative estimate of drug-likeness (QED) is 0.747. The van der Waals surface area contributed by atoms with Crippen LogP contribution in [-0.4, -0.2) is 24.7 Å². The zero-order valence-corrected chi connectivity index (χ0v) is 10.2. The van der Waals surface area contributed by atoms with Gasteiger partial charge in [0.1, 0.15) is 0 Å². The highest BCUT2D eigenvalue weighted by Gasteiger charge is 2.47. The molecular weight excluding hydrogens is 218 g/mol. The smallest absolute Gasteiger partial charge is 0.234 e. The summed E-state index contributed by atoms with van der Waals surface area (Å²) in [6.07, 6.45) is 0.773. The highest BCUT2D eigenvalue weighted by Crippen LogP contribution is 2.47. The number of hydrogen-bond acceptors (Lipinski definition) is 4. The van der Waals surface area contributed by atoms with Gasteiger partial charge in [-0.05, 0) is 19.1 Å². The van der Waals surface area contributed by atoms with Crippen LogP contribution in [0.25, 0.3) is 0 Å². The molecule has 17 heavy (non-hydrogen) atoms. The molecule has 0 N–H and O–H groups in total. The van der Waals surface area contributed by atoms with E-state index in [9.17, 15) is 0 Å². The van der Waals surface area contributed by atoms with Crippen LogP contribution in [0.1, 0.15) is 20.3 Å². The number of aliphatic imine (C=N–C) groups is 1. The lowest BCUT2D eigenvalue weighted by Gasteiger charge is -2.36. The van der Waals surface area contributed by atoms with Gasteiger partial charge in [0.25, 0.3) is 0 Å². The molecule has 0 saturated carbocycles. The normalized spacial score (nSPS) is 29.6. The van der Waals surface area contributed by atoms with Gasteiger partial charge in [-0.1, -0.05) is 6.07 Å². The molecule has 0 saturated heterocycles. The van der Waals surface area contributed by atoms with Crippen LogP contribution in [0, 0.1) is 0 Å². The summed E-state index contributed by atoms with van der Waals surface area (Å²) in [7, 11) is 1.62. The minimum absolute atomic E-state index is 0.0397. The Morgan fingerprint density at radius 2 is 2.29 bits per heavy atom. The number of methoxy groups -OCH3 is 1. The number of para-hydroxylation sites is 1. The Balaban J connectivity index is 2.06. The summed E-state index contributed by atoms with van der Waals surface area (Å²) in [5.41, 5.74) is 0.440. The van der Waals surface area contributed by atoms with Crippen molar-refractivity contribution < 1.29 is 14.2 Å². The van der Waals surface area contributed by atoms with Crippen LogP contribution in [-0.2, 0) is 0 Å². The predicted octanol–water partition coefficient (Wildman–Crippen LogP) is 2.42. The van der Waals surface area contributed by atoms with Gasteiger partial charge in [0.05, 0.1) is 7.11 Å². The van der Waals surface area contributed by atoms with Crippen molar-refractivity contribution in [2.75, 3.05) is 7.11 Å². The second-order valence-corrected chi connectivity index (χ2v) is 4.60. The zero-order chi connectivity index (χ0) is 12.0. The van der Waals surface area contributed by atoms with E-state index in [-0.39, 0.29) is 6.10 Å². The zero-order valence-electron chi connectivity index (χ0n) is 10.2. The Morgan fingerprint density at radius 1 is 1.47 bits per heavy atom. The van der Waals surface area contributed by atoms with Crippen LogP contribution in [0.2, 0.25) is 0 Å². The number of ether oxygens (including phenoxy) is 3. The fraction of sp³-hybridized carbons (Fsp3) is 0.462. The van der Waals surface area contributed by atoms with Crippen LogP contribution < -0.4 is 14.2 Å². The molecule has 0 amide bonds. The Labute approximate surface area is 100 Å². The molecule has 1 aromatic rings.